The van der Waals surface area contributed by atoms with Gasteiger partial charge < -0.3 is 9.88 Å². The highest BCUT2D eigenvalue weighted by Crippen LogP contribution is 2.24. The highest BCUT2D eigenvalue weighted by atomic mass is 35.5. The van der Waals surface area contributed by atoms with E-state index in [0.29, 0.717) is 0 Å². The third-order valence-corrected chi connectivity index (χ3v) is 3.99. The van der Waals surface area contributed by atoms with E-state index in [2.05, 4.69) is 35.0 Å². The number of fused-ring (bicyclic) bond motifs is 1. The smallest absolute Gasteiger partial charge is 0.208 e. The minimum Gasteiger partial charge on any atom is -0.326 e. The van der Waals surface area contributed by atoms with E-state index >= 15 is 0 Å². The molecule has 0 aliphatic rings. The second-order valence-electron chi connectivity index (χ2n) is 5.41. The number of aromatic nitrogens is 2. The molecule has 2 aromatic carbocycles. The molecule has 1 N–H and O–H groups in total. The van der Waals surface area contributed by atoms with Crippen LogP contribution >= 0.6 is 11.6 Å². The largest absolute Gasteiger partial charge is 0.326 e. The third kappa shape index (κ3) is 3.25. The van der Waals surface area contributed by atoms with Crippen LogP contribution in [0.2, 0.25) is 5.02 Å². The molecule has 0 unspecified atom stereocenters. The Morgan fingerprint density at radius 3 is 2.59 bits per heavy atom. The number of benzene rings is 2. The van der Waals surface area contributed by atoms with E-state index in [-0.39, 0.29) is 0 Å². The number of para-hydroxylation sites is 2. The molecule has 1 aromatic heterocycles. The SMILES string of the molecule is CCCCCn1c(Nc2ccc(Cl)cc2)nc2ccccc21. The molecule has 3 aromatic rings. The average molecular weight is 314 g/mol. The van der Waals surface area contributed by atoms with E-state index in [1.54, 1.807) is 0 Å². The van der Waals surface area contributed by atoms with Gasteiger partial charge in [0, 0.05) is 17.3 Å². The van der Waals surface area contributed by atoms with Crippen LogP contribution in [0, 0.1) is 0 Å². The van der Waals surface area contributed by atoms with Gasteiger partial charge in [0.15, 0.2) is 0 Å². The maximum atomic E-state index is 5.95. The van der Waals surface area contributed by atoms with Gasteiger partial charge in [-0.2, -0.15) is 0 Å². The van der Waals surface area contributed by atoms with Crippen LogP contribution in [0.25, 0.3) is 11.0 Å². The number of halogens is 1. The van der Waals surface area contributed by atoms with Crippen molar-refractivity contribution in [3.8, 4) is 0 Å². The zero-order valence-electron chi connectivity index (χ0n) is 12.7. The summed E-state index contributed by atoms with van der Waals surface area (Å²) >= 11 is 5.95. The first-order valence-corrected chi connectivity index (χ1v) is 8.13. The molecule has 0 spiro atoms. The molecule has 3 rings (SSSR count). The molecule has 0 saturated heterocycles. The summed E-state index contributed by atoms with van der Waals surface area (Å²) in [6.07, 6.45) is 3.60. The summed E-state index contributed by atoms with van der Waals surface area (Å²) in [4.78, 5) is 4.73. The van der Waals surface area contributed by atoms with Crippen LogP contribution in [-0.4, -0.2) is 9.55 Å². The van der Waals surface area contributed by atoms with Gasteiger partial charge in [-0.25, -0.2) is 4.98 Å². The molecule has 0 aliphatic heterocycles. The second kappa shape index (κ2) is 6.84. The topological polar surface area (TPSA) is 29.9 Å². The maximum absolute atomic E-state index is 5.95. The minimum atomic E-state index is 0.738. The third-order valence-electron chi connectivity index (χ3n) is 3.74. The normalized spacial score (nSPS) is 11.0. The maximum Gasteiger partial charge on any atom is 0.208 e. The van der Waals surface area contributed by atoms with Crippen molar-refractivity contribution < 1.29 is 0 Å². The Balaban J connectivity index is 1.92. The fraction of sp³-hybridized carbons (Fsp3) is 0.278. The van der Waals surface area contributed by atoms with Crippen LogP contribution in [0.1, 0.15) is 26.2 Å². The monoisotopic (exact) mass is 313 g/mol. The molecule has 114 valence electrons. The molecule has 1 heterocycles. The molecule has 0 radical (unpaired) electrons. The lowest BCUT2D eigenvalue weighted by atomic mass is 10.2. The fourth-order valence-corrected chi connectivity index (χ4v) is 2.71. The molecular weight excluding hydrogens is 294 g/mol. The summed E-state index contributed by atoms with van der Waals surface area (Å²) in [6, 6.07) is 16.0. The standard InChI is InChI=1S/C18H20ClN3/c1-2-3-6-13-22-17-8-5-4-7-16(17)21-18(22)20-15-11-9-14(19)10-12-15/h4-5,7-12H,2-3,6,13H2,1H3,(H,20,21). The predicted octanol–water partition coefficient (Wildman–Crippen LogP) is 5.62. The molecular formula is C18H20ClN3. The van der Waals surface area contributed by atoms with Gasteiger partial charge in [0.2, 0.25) is 5.95 Å². The van der Waals surface area contributed by atoms with Gasteiger partial charge in [0.25, 0.3) is 0 Å². The van der Waals surface area contributed by atoms with Crippen LogP contribution in [0.4, 0.5) is 11.6 Å². The van der Waals surface area contributed by atoms with Crippen LogP contribution in [-0.2, 0) is 6.54 Å². The van der Waals surface area contributed by atoms with Crippen molar-refractivity contribution in [2.45, 2.75) is 32.7 Å². The molecule has 4 heteroatoms. The Labute approximate surface area is 135 Å². The predicted molar refractivity (Wildman–Crippen MR) is 94.0 cm³/mol. The van der Waals surface area contributed by atoms with E-state index in [1.165, 1.54) is 18.4 Å². The van der Waals surface area contributed by atoms with Crippen molar-refractivity contribution in [1.82, 2.24) is 9.55 Å². The average Bonchev–Trinajstić information content (AvgIpc) is 2.88. The molecule has 0 aliphatic carbocycles. The Hall–Kier alpha value is -2.00. The summed E-state index contributed by atoms with van der Waals surface area (Å²) in [5.74, 6) is 0.889. The van der Waals surface area contributed by atoms with Gasteiger partial charge in [0.1, 0.15) is 0 Å². The number of imidazole rings is 1. The molecule has 0 atom stereocenters. The van der Waals surface area contributed by atoms with Crippen molar-refractivity contribution in [2.24, 2.45) is 0 Å². The van der Waals surface area contributed by atoms with E-state index in [9.17, 15) is 0 Å². The summed E-state index contributed by atoms with van der Waals surface area (Å²) in [7, 11) is 0. The highest BCUT2D eigenvalue weighted by Gasteiger charge is 2.10. The Kier molecular flexibility index (Phi) is 4.64. The van der Waals surface area contributed by atoms with Crippen molar-refractivity contribution in [3.05, 3.63) is 53.6 Å². The fourth-order valence-electron chi connectivity index (χ4n) is 2.58. The van der Waals surface area contributed by atoms with Crippen molar-refractivity contribution >= 4 is 34.3 Å². The minimum absolute atomic E-state index is 0.738. The van der Waals surface area contributed by atoms with Crippen LogP contribution < -0.4 is 5.32 Å². The molecule has 0 bridgehead atoms. The lowest BCUT2D eigenvalue weighted by molar-refractivity contribution is 0.618. The van der Waals surface area contributed by atoms with E-state index in [4.69, 9.17) is 16.6 Å². The van der Waals surface area contributed by atoms with E-state index in [1.807, 2.05) is 30.3 Å². The summed E-state index contributed by atoms with van der Waals surface area (Å²) in [5.41, 5.74) is 3.20. The summed E-state index contributed by atoms with van der Waals surface area (Å²) in [5, 5.41) is 4.15. The second-order valence-corrected chi connectivity index (χ2v) is 5.85. The molecule has 0 amide bonds. The first kappa shape index (κ1) is 14.9. The first-order chi connectivity index (χ1) is 10.8. The van der Waals surface area contributed by atoms with Gasteiger partial charge in [0.05, 0.1) is 11.0 Å². The highest BCUT2D eigenvalue weighted by molar-refractivity contribution is 6.30. The van der Waals surface area contributed by atoms with Gasteiger partial charge >= 0.3 is 0 Å². The lowest BCUT2D eigenvalue weighted by Crippen LogP contribution is -2.04. The number of unbranched alkanes of at least 4 members (excludes halogenated alkanes) is 2. The van der Waals surface area contributed by atoms with Crippen molar-refractivity contribution in [3.63, 3.8) is 0 Å². The Morgan fingerprint density at radius 1 is 1.05 bits per heavy atom. The van der Waals surface area contributed by atoms with E-state index in [0.717, 1.165) is 35.1 Å². The summed E-state index contributed by atoms with van der Waals surface area (Å²) < 4.78 is 2.26. The van der Waals surface area contributed by atoms with Crippen LogP contribution in [0.15, 0.2) is 48.5 Å². The Morgan fingerprint density at radius 2 is 1.82 bits per heavy atom. The Bertz CT molecular complexity index is 747. The number of anilines is 2. The zero-order chi connectivity index (χ0) is 15.4. The molecule has 0 fully saturated rings. The van der Waals surface area contributed by atoms with E-state index < -0.39 is 0 Å². The lowest BCUT2D eigenvalue weighted by Gasteiger charge is -2.10. The first-order valence-electron chi connectivity index (χ1n) is 7.76. The number of nitrogens with zero attached hydrogens (tertiary/aromatic N) is 2. The summed E-state index contributed by atoms with van der Waals surface area (Å²) in [6.45, 7) is 3.20. The van der Waals surface area contributed by atoms with Gasteiger partial charge in [-0.15, -0.1) is 0 Å². The van der Waals surface area contributed by atoms with Gasteiger partial charge in [-0.1, -0.05) is 43.5 Å². The molecule has 22 heavy (non-hydrogen) atoms. The van der Waals surface area contributed by atoms with Crippen molar-refractivity contribution in [1.29, 1.82) is 0 Å². The van der Waals surface area contributed by atoms with Crippen LogP contribution in [0.5, 0.6) is 0 Å². The van der Waals surface area contributed by atoms with Crippen molar-refractivity contribution in [2.75, 3.05) is 5.32 Å². The molecule has 3 nitrogen and oxygen atoms in total. The number of hydrogen-bond acceptors (Lipinski definition) is 2. The number of rotatable bonds is 6. The molecule has 0 saturated carbocycles. The van der Waals surface area contributed by atoms with Crippen LogP contribution in [0.3, 0.4) is 0 Å². The quantitative estimate of drug-likeness (QED) is 0.598. The number of nitrogens with one attached hydrogen (secondary N) is 1. The number of aryl methyl sites for hydroxylation is 1. The van der Waals surface area contributed by atoms with Gasteiger partial charge in [-0.05, 0) is 42.8 Å². The van der Waals surface area contributed by atoms with Gasteiger partial charge in [-0.3, -0.25) is 0 Å². The number of hydrogen-bond donors (Lipinski definition) is 1. The zero-order valence-corrected chi connectivity index (χ0v) is 13.5.